The quantitative estimate of drug-likeness (QED) is 0.922. The maximum atomic E-state index is 12.4. The molecule has 2 aromatic rings. The average Bonchev–Trinajstić information content (AvgIpc) is 3.07. The topological polar surface area (TPSA) is 56.1 Å². The van der Waals surface area contributed by atoms with Gasteiger partial charge in [0.1, 0.15) is 0 Å². The third-order valence-electron chi connectivity index (χ3n) is 4.43. The van der Waals surface area contributed by atoms with Crippen LogP contribution >= 0.6 is 0 Å². The van der Waals surface area contributed by atoms with Crippen LogP contribution < -0.4 is 5.32 Å². The molecule has 5 heteroatoms. The number of aromatic nitrogens is 2. The summed E-state index contributed by atoms with van der Waals surface area (Å²) in [6.07, 6.45) is 7.38. The molecule has 23 heavy (non-hydrogen) atoms. The highest BCUT2D eigenvalue weighted by molar-refractivity contribution is 5.79. The molecule has 1 fully saturated rings. The third-order valence-corrected chi connectivity index (χ3v) is 4.43. The van der Waals surface area contributed by atoms with E-state index >= 15 is 0 Å². The number of carbonyl (C=O) groups excluding carboxylic acids is 1. The Morgan fingerprint density at radius 2 is 2.22 bits per heavy atom. The summed E-state index contributed by atoms with van der Waals surface area (Å²) in [6.45, 7) is 4.05. The molecule has 1 N–H and O–H groups in total. The summed E-state index contributed by atoms with van der Waals surface area (Å²) in [5.41, 5.74) is 2.33. The molecule has 1 aromatic carbocycles. The number of rotatable bonds is 5. The van der Waals surface area contributed by atoms with Gasteiger partial charge in [-0.2, -0.15) is 0 Å². The Labute approximate surface area is 136 Å². The van der Waals surface area contributed by atoms with Crippen LogP contribution in [-0.4, -0.2) is 28.2 Å². The van der Waals surface area contributed by atoms with Gasteiger partial charge >= 0.3 is 0 Å². The highest BCUT2D eigenvalue weighted by Gasteiger charge is 2.28. The summed E-state index contributed by atoms with van der Waals surface area (Å²) in [5, 5.41) is 3.08. The van der Waals surface area contributed by atoms with Gasteiger partial charge in [-0.15, -0.1) is 0 Å². The van der Waals surface area contributed by atoms with Gasteiger partial charge in [0.2, 0.25) is 5.91 Å². The largest absolute Gasteiger partial charge is 0.378 e. The Hall–Kier alpha value is -2.14. The first-order chi connectivity index (χ1) is 11.2. The minimum absolute atomic E-state index is 0.00458. The summed E-state index contributed by atoms with van der Waals surface area (Å²) in [7, 11) is 0. The second-order valence-corrected chi connectivity index (χ2v) is 6.05. The van der Waals surface area contributed by atoms with Crippen molar-refractivity contribution < 1.29 is 9.53 Å². The first-order valence-corrected chi connectivity index (χ1v) is 8.16. The van der Waals surface area contributed by atoms with Crippen LogP contribution in [0.4, 0.5) is 0 Å². The normalized spacial score (nSPS) is 21.1. The zero-order valence-electron chi connectivity index (χ0n) is 13.4. The van der Waals surface area contributed by atoms with E-state index in [4.69, 9.17) is 4.74 Å². The van der Waals surface area contributed by atoms with Gasteiger partial charge in [-0.1, -0.05) is 24.3 Å². The van der Waals surface area contributed by atoms with Gasteiger partial charge in [0.25, 0.3) is 0 Å². The van der Waals surface area contributed by atoms with Crippen molar-refractivity contribution in [2.75, 3.05) is 6.61 Å². The van der Waals surface area contributed by atoms with Crippen LogP contribution in [0.3, 0.4) is 0 Å². The Balaban J connectivity index is 1.62. The standard InChI is InChI=1S/C18H23N3O2/c1-14-17(7-4-10-23-14)18(22)20-11-15-5-2-3-6-16(15)12-21-9-8-19-13-21/h2-3,5-6,8-9,13-14,17H,4,7,10-12H2,1H3,(H,20,22)/t14-,17+/m0/s1. The third kappa shape index (κ3) is 3.99. The molecule has 5 nitrogen and oxygen atoms in total. The Bertz CT molecular complexity index is 639. The Morgan fingerprint density at radius 3 is 2.96 bits per heavy atom. The van der Waals surface area contributed by atoms with Crippen molar-refractivity contribution in [1.82, 2.24) is 14.9 Å². The van der Waals surface area contributed by atoms with E-state index in [0.29, 0.717) is 6.54 Å². The maximum Gasteiger partial charge on any atom is 0.225 e. The molecule has 0 radical (unpaired) electrons. The average molecular weight is 313 g/mol. The van der Waals surface area contributed by atoms with Crippen LogP contribution in [0.25, 0.3) is 0 Å². The van der Waals surface area contributed by atoms with Crippen molar-refractivity contribution in [2.24, 2.45) is 5.92 Å². The highest BCUT2D eigenvalue weighted by atomic mass is 16.5. The van der Waals surface area contributed by atoms with E-state index in [1.807, 2.05) is 29.8 Å². The molecular weight excluding hydrogens is 290 g/mol. The molecule has 0 unspecified atom stereocenters. The lowest BCUT2D eigenvalue weighted by Gasteiger charge is -2.28. The van der Waals surface area contributed by atoms with Crippen LogP contribution in [0.15, 0.2) is 43.0 Å². The molecule has 0 aliphatic carbocycles. The van der Waals surface area contributed by atoms with Crippen molar-refractivity contribution in [3.63, 3.8) is 0 Å². The first-order valence-electron chi connectivity index (χ1n) is 8.16. The van der Waals surface area contributed by atoms with Crippen LogP contribution in [0, 0.1) is 5.92 Å². The monoisotopic (exact) mass is 313 g/mol. The fourth-order valence-electron chi connectivity index (χ4n) is 3.04. The van der Waals surface area contributed by atoms with Crippen LogP contribution in [-0.2, 0) is 22.6 Å². The summed E-state index contributed by atoms with van der Waals surface area (Å²) in [5.74, 6) is 0.0548. The maximum absolute atomic E-state index is 12.4. The van der Waals surface area contributed by atoms with Crippen LogP contribution in [0.5, 0.6) is 0 Å². The first kappa shape index (κ1) is 15.7. The fourth-order valence-corrected chi connectivity index (χ4v) is 3.04. The van der Waals surface area contributed by atoms with Crippen molar-refractivity contribution in [3.8, 4) is 0 Å². The molecule has 2 atom stereocenters. The number of hydrogen-bond acceptors (Lipinski definition) is 3. The Kier molecular flexibility index (Phi) is 5.08. The van der Waals surface area contributed by atoms with Gasteiger partial charge in [0.15, 0.2) is 0 Å². The van der Waals surface area contributed by atoms with E-state index < -0.39 is 0 Å². The van der Waals surface area contributed by atoms with Crippen molar-refractivity contribution >= 4 is 5.91 Å². The van der Waals surface area contributed by atoms with E-state index in [1.165, 1.54) is 5.56 Å². The van der Waals surface area contributed by atoms with E-state index in [0.717, 1.165) is 31.6 Å². The second kappa shape index (κ2) is 7.42. The predicted octanol–water partition coefficient (Wildman–Crippen LogP) is 2.36. The van der Waals surface area contributed by atoms with E-state index in [2.05, 4.69) is 22.4 Å². The van der Waals surface area contributed by atoms with Gasteiger partial charge in [-0.3, -0.25) is 4.79 Å². The Morgan fingerprint density at radius 1 is 1.39 bits per heavy atom. The summed E-state index contributed by atoms with van der Waals surface area (Å²) < 4.78 is 7.61. The second-order valence-electron chi connectivity index (χ2n) is 6.05. The zero-order chi connectivity index (χ0) is 16.1. The molecule has 1 amide bonds. The number of ether oxygens (including phenoxy) is 1. The zero-order valence-corrected chi connectivity index (χ0v) is 13.4. The van der Waals surface area contributed by atoms with Crippen molar-refractivity contribution in [1.29, 1.82) is 0 Å². The molecule has 1 saturated heterocycles. The SMILES string of the molecule is C[C@@H]1OCCC[C@H]1C(=O)NCc1ccccc1Cn1ccnc1. The molecule has 0 saturated carbocycles. The van der Waals surface area contributed by atoms with E-state index in [-0.39, 0.29) is 17.9 Å². The van der Waals surface area contributed by atoms with Crippen molar-refractivity contribution in [2.45, 2.75) is 39.0 Å². The molecule has 0 spiro atoms. The highest BCUT2D eigenvalue weighted by Crippen LogP contribution is 2.21. The number of hydrogen-bond donors (Lipinski definition) is 1. The number of carbonyl (C=O) groups is 1. The van der Waals surface area contributed by atoms with Gasteiger partial charge in [0.05, 0.1) is 18.3 Å². The molecular formula is C18H23N3O2. The van der Waals surface area contributed by atoms with Gasteiger partial charge in [0, 0.05) is 32.1 Å². The van der Waals surface area contributed by atoms with Crippen LogP contribution in [0.2, 0.25) is 0 Å². The molecule has 122 valence electrons. The number of nitrogens with one attached hydrogen (secondary N) is 1. The molecule has 3 rings (SSSR count). The molecule has 1 aromatic heterocycles. The van der Waals surface area contributed by atoms with E-state index in [1.54, 1.807) is 12.5 Å². The van der Waals surface area contributed by atoms with Gasteiger partial charge in [-0.25, -0.2) is 4.98 Å². The molecule has 1 aliphatic heterocycles. The minimum Gasteiger partial charge on any atom is -0.378 e. The van der Waals surface area contributed by atoms with E-state index in [9.17, 15) is 4.79 Å². The molecule has 1 aliphatic rings. The number of amides is 1. The minimum atomic E-state index is -0.0374. The van der Waals surface area contributed by atoms with Gasteiger partial charge < -0.3 is 14.6 Å². The summed E-state index contributed by atoms with van der Waals surface area (Å²) >= 11 is 0. The number of nitrogens with zero attached hydrogens (tertiary/aromatic N) is 2. The lowest BCUT2D eigenvalue weighted by atomic mass is 9.94. The smallest absolute Gasteiger partial charge is 0.225 e. The summed E-state index contributed by atoms with van der Waals surface area (Å²) in [4.78, 5) is 16.5. The predicted molar refractivity (Wildman–Crippen MR) is 87.8 cm³/mol. The van der Waals surface area contributed by atoms with Gasteiger partial charge in [-0.05, 0) is 30.9 Å². The lowest BCUT2D eigenvalue weighted by Crippen LogP contribution is -2.40. The van der Waals surface area contributed by atoms with Crippen LogP contribution in [0.1, 0.15) is 30.9 Å². The number of benzene rings is 1. The molecule has 2 heterocycles. The lowest BCUT2D eigenvalue weighted by molar-refractivity contribution is -0.133. The number of imidazole rings is 1. The molecule has 0 bridgehead atoms. The van der Waals surface area contributed by atoms with Crippen molar-refractivity contribution in [3.05, 3.63) is 54.1 Å². The fraction of sp³-hybridized carbons (Fsp3) is 0.444. The summed E-state index contributed by atoms with van der Waals surface area (Å²) in [6, 6.07) is 8.18.